The van der Waals surface area contributed by atoms with E-state index in [1.165, 1.54) is 46.2 Å². The van der Waals surface area contributed by atoms with Crippen LogP contribution in [0.25, 0.3) is 0 Å². The smallest absolute Gasteiger partial charge is 0.337 e. The van der Waals surface area contributed by atoms with Gasteiger partial charge in [-0.15, -0.1) is 4.72 Å². The molecule has 11 atom stereocenters. The number of methoxy groups -OCH3 is 2. The first kappa shape index (κ1) is 64.1. The Morgan fingerprint density at radius 2 is 0.915 bits per heavy atom. The number of ketones is 1. The maximum atomic E-state index is 12.9. The lowest BCUT2D eigenvalue weighted by Crippen LogP contribution is -2.67. The number of carboxylic acid groups (broad SMARTS) is 1. The molecule has 0 aliphatic heterocycles. The van der Waals surface area contributed by atoms with Gasteiger partial charge in [0, 0.05) is 60.1 Å². The zero-order chi connectivity index (χ0) is 58.5. The lowest BCUT2D eigenvalue weighted by atomic mass is 9.92. The summed E-state index contributed by atoms with van der Waals surface area (Å²) in [5, 5.41) is 13.9. The molecule has 7 unspecified atom stereocenters. The van der Waals surface area contributed by atoms with E-state index in [-0.39, 0.29) is 45.7 Å². The van der Waals surface area contributed by atoms with E-state index in [2.05, 4.69) is 191 Å². The summed E-state index contributed by atoms with van der Waals surface area (Å²) in [7, 11) is -1.95. The number of aromatic carboxylic acids is 1. The second-order valence-corrected chi connectivity index (χ2v) is 36.4. The molecule has 10 rings (SSSR count). The second kappa shape index (κ2) is 26.6. The molecule has 440 valence electrons. The summed E-state index contributed by atoms with van der Waals surface area (Å²) in [6, 6.07) is 50.6. The third kappa shape index (κ3) is 14.2. The van der Waals surface area contributed by atoms with Crippen LogP contribution in [0.5, 0.6) is 11.8 Å². The van der Waals surface area contributed by atoms with E-state index in [1.54, 1.807) is 19.4 Å². The molecular formula is C68H91N3O8SSi2. The molecule has 0 saturated heterocycles. The summed E-state index contributed by atoms with van der Waals surface area (Å²) >= 11 is -1.02. The van der Waals surface area contributed by atoms with Crippen LogP contribution in [0.3, 0.4) is 0 Å². The lowest BCUT2D eigenvalue weighted by Gasteiger charge is -2.45. The molecule has 2 N–H and O–H groups in total. The minimum atomic E-state index is -2.52. The number of fused-ring (bicyclic) bond motifs is 2. The Kier molecular flexibility index (Phi) is 20.8. The van der Waals surface area contributed by atoms with Crippen LogP contribution in [0, 0.1) is 41.4 Å². The number of benzene rings is 4. The van der Waals surface area contributed by atoms with Crippen molar-refractivity contribution in [2.24, 2.45) is 41.4 Å². The quantitative estimate of drug-likeness (QED) is 0.0480. The predicted molar refractivity (Wildman–Crippen MR) is 338 cm³/mol. The van der Waals surface area contributed by atoms with Gasteiger partial charge in [-0.2, -0.15) is 0 Å². The summed E-state index contributed by atoms with van der Waals surface area (Å²) in [5.41, 5.74) is 0.831. The fraction of sp³-hybridized carbons (Fsp3) is 0.471. The van der Waals surface area contributed by atoms with Crippen molar-refractivity contribution in [1.29, 1.82) is 0 Å². The van der Waals surface area contributed by atoms with Gasteiger partial charge in [-0.25, -0.2) is 14.8 Å². The summed E-state index contributed by atoms with van der Waals surface area (Å²) < 4.78 is 40.4. The number of nitrogens with one attached hydrogen (secondary N) is 1. The van der Waals surface area contributed by atoms with Crippen LogP contribution in [-0.2, 0) is 20.2 Å². The number of hydrogen-bond acceptors (Lipinski definition) is 10. The van der Waals surface area contributed by atoms with Gasteiger partial charge in [0.1, 0.15) is 4.75 Å². The highest BCUT2D eigenvalue weighted by molar-refractivity contribution is 7.90. The number of Topliss-reactive ketones (excluding diaryl/α,β-unsaturated/α-hetero) is 1. The molecular weight excluding hydrogens is 1070 g/mol. The number of carbonyl (C=O) groups is 2. The molecule has 4 fully saturated rings. The first-order valence-corrected chi connectivity index (χ1v) is 33.9. The van der Waals surface area contributed by atoms with Crippen LogP contribution >= 0.6 is 0 Å². The minimum absolute atomic E-state index is 0. The molecule has 14 heteroatoms. The summed E-state index contributed by atoms with van der Waals surface area (Å²) in [4.78, 5) is 31.1. The molecule has 0 bridgehead atoms. The van der Waals surface area contributed by atoms with Gasteiger partial charge in [0.25, 0.3) is 16.6 Å². The Hall–Kier alpha value is -5.46. The van der Waals surface area contributed by atoms with Gasteiger partial charge in [-0.3, -0.25) is 4.79 Å². The maximum absolute atomic E-state index is 12.9. The topological polar surface area (TPSA) is 152 Å². The van der Waals surface area contributed by atoms with Gasteiger partial charge in [-0.05, 0) is 138 Å². The molecule has 0 spiro atoms. The number of carbonyl (C=O) groups excluding carboxylic acids is 1. The number of pyridine rings is 2. The van der Waals surface area contributed by atoms with Gasteiger partial charge in [0.15, 0.2) is 5.78 Å². The molecule has 2 aromatic heterocycles. The molecule has 4 aliphatic rings. The van der Waals surface area contributed by atoms with Crippen molar-refractivity contribution in [3.63, 3.8) is 0 Å². The van der Waals surface area contributed by atoms with Gasteiger partial charge in [-0.1, -0.05) is 177 Å². The van der Waals surface area contributed by atoms with E-state index in [1.807, 2.05) is 26.8 Å². The monoisotopic (exact) mass is 1170 g/mol. The molecule has 4 aromatic carbocycles. The summed E-state index contributed by atoms with van der Waals surface area (Å²) in [6.45, 7) is 24.7. The van der Waals surface area contributed by atoms with Crippen LogP contribution in [0.15, 0.2) is 158 Å². The fourth-order valence-corrected chi connectivity index (χ4v) is 23.9. The zero-order valence-electron chi connectivity index (χ0n) is 49.9. The van der Waals surface area contributed by atoms with E-state index in [9.17, 15) is 14.1 Å². The van der Waals surface area contributed by atoms with Crippen LogP contribution < -0.4 is 34.9 Å². The van der Waals surface area contributed by atoms with Crippen molar-refractivity contribution in [3.05, 3.63) is 169 Å². The van der Waals surface area contributed by atoms with Gasteiger partial charge in [0.2, 0.25) is 11.8 Å². The molecule has 4 aliphatic carbocycles. The van der Waals surface area contributed by atoms with Crippen molar-refractivity contribution in [1.82, 2.24) is 14.7 Å². The Labute approximate surface area is 495 Å². The number of rotatable bonds is 18. The van der Waals surface area contributed by atoms with Gasteiger partial charge in [0.05, 0.1) is 25.8 Å². The molecule has 6 aromatic rings. The first-order chi connectivity index (χ1) is 38.4. The predicted octanol–water partition coefficient (Wildman–Crippen LogP) is 12.4. The first-order valence-electron chi connectivity index (χ1n) is 29.0. The third-order valence-corrected chi connectivity index (χ3v) is 29.4. The maximum Gasteiger partial charge on any atom is 0.337 e. The SMILES string of the molecule is C.CC(N[S+]([O-])C(C)(C)C)C1[C@H]2CC(O[Si](c3ccccc3)(c3ccccc3)C(C)(C)C)C[C@@H]12.COc1ccc(C(=O)CC(C)C2[C@H]3CC(O[Si](c4ccccc4)(c4ccccc4)C(C)(C)C)C[C@@H]23)cn1.COc1ccc(C(=O)O)cn1. The van der Waals surface area contributed by atoms with Crippen molar-refractivity contribution in [2.45, 2.75) is 149 Å². The minimum Gasteiger partial charge on any atom is -0.598 e. The summed E-state index contributed by atoms with van der Waals surface area (Å²) in [5.74, 6) is 4.46. The van der Waals surface area contributed by atoms with Crippen LogP contribution in [0.1, 0.15) is 136 Å². The van der Waals surface area contributed by atoms with Crippen molar-refractivity contribution >= 4 is 60.5 Å². The van der Waals surface area contributed by atoms with Crippen molar-refractivity contribution in [2.75, 3.05) is 14.2 Å². The number of carboxylic acids is 1. The second-order valence-electron chi connectivity index (χ2n) is 25.9. The normalized spacial score (nSPS) is 22.9. The zero-order valence-corrected chi connectivity index (χ0v) is 52.7. The standard InChI is InChI=1S/C32H39NO3Si.C28H41NO2SSi.C7H7NO3.CH4/c1-22(18-29(34)23-16-17-30(35-5)33-21-23)31-27-19-24(20-28(27)31)36-37(32(2,3)4,25-12-8-6-9-13-25)26-14-10-7-11-15-26;1-20(29-32(30)27(2,3)4)26-24-18-21(19-25(24)26)31-33(28(5,6)7,22-14-10-8-11-15-22)23-16-12-9-13-17-23;1-11-6-3-2-5(4-8-6)7(9)10;/h6-17,21-22,24,27-28,31H,18-20H2,1-5H3;8-17,20-21,24-26,29H,18-19H2,1-7H3;2-4H,1H3,(H,9,10);1H4/t22?,24?,27-,28+,31?;20?,21?,24-,25+,26?,32?;;. The lowest BCUT2D eigenvalue weighted by molar-refractivity contribution is 0.0696. The average molecular weight is 1170 g/mol. The molecule has 2 heterocycles. The highest BCUT2D eigenvalue weighted by Crippen LogP contribution is 2.63. The van der Waals surface area contributed by atoms with E-state index < -0.39 is 34.0 Å². The van der Waals surface area contributed by atoms with E-state index >= 15 is 0 Å². The molecule has 4 saturated carbocycles. The van der Waals surface area contributed by atoms with Crippen LogP contribution in [0.4, 0.5) is 0 Å². The number of hydrogen-bond donors (Lipinski definition) is 2. The molecule has 11 nitrogen and oxygen atoms in total. The van der Waals surface area contributed by atoms with E-state index in [0.29, 0.717) is 71.3 Å². The average Bonchev–Trinajstić information content (AvgIpc) is 3.56. The van der Waals surface area contributed by atoms with Crippen molar-refractivity contribution in [3.8, 4) is 11.8 Å². The van der Waals surface area contributed by atoms with Crippen LogP contribution in [0.2, 0.25) is 10.1 Å². The Balaban J connectivity index is 0.000000198. The number of ether oxygens (including phenoxy) is 2. The van der Waals surface area contributed by atoms with Crippen LogP contribution in [-0.4, -0.2) is 85.2 Å². The van der Waals surface area contributed by atoms with E-state index in [0.717, 1.165) is 25.7 Å². The van der Waals surface area contributed by atoms with E-state index in [4.69, 9.17) is 23.4 Å². The van der Waals surface area contributed by atoms with Gasteiger partial charge < -0.3 is 28.0 Å². The molecule has 82 heavy (non-hydrogen) atoms. The van der Waals surface area contributed by atoms with Crippen molar-refractivity contribution < 1.29 is 37.6 Å². The highest BCUT2D eigenvalue weighted by atomic mass is 32.2. The number of aromatic nitrogens is 2. The van der Waals surface area contributed by atoms with Gasteiger partial charge >= 0.3 is 5.97 Å². The highest BCUT2D eigenvalue weighted by Gasteiger charge is 2.63. The molecule has 0 radical (unpaired) electrons. The fourth-order valence-electron chi connectivity index (χ4n) is 13.6. The largest absolute Gasteiger partial charge is 0.598 e. The summed E-state index contributed by atoms with van der Waals surface area (Å²) in [6.07, 6.45) is 8.46. The number of nitrogens with zero attached hydrogens (tertiary/aromatic N) is 2. The Bertz CT molecular complexity index is 2870. The molecule has 0 amide bonds. The Morgan fingerprint density at radius 1 is 0.573 bits per heavy atom. The third-order valence-electron chi connectivity index (χ3n) is 17.5. The Morgan fingerprint density at radius 3 is 1.21 bits per heavy atom.